The Morgan fingerprint density at radius 1 is 1.46 bits per heavy atom. The van der Waals surface area contributed by atoms with Crippen LogP contribution in [0.5, 0.6) is 6.01 Å². The van der Waals surface area contributed by atoms with Crippen molar-refractivity contribution in [2.24, 2.45) is 0 Å². The molecule has 0 radical (unpaired) electrons. The molecule has 1 aromatic heterocycles. The van der Waals surface area contributed by atoms with Crippen LogP contribution in [-0.2, 0) is 11.3 Å². The van der Waals surface area contributed by atoms with Crippen molar-refractivity contribution in [3.63, 3.8) is 0 Å². The normalized spacial score (nSPS) is 22.9. The number of fused-ring (bicyclic) bond motifs is 1. The minimum Gasteiger partial charge on any atom is -0.444 e. The van der Waals surface area contributed by atoms with Gasteiger partial charge in [0.25, 0.3) is 0 Å². The number of aromatic nitrogens is 2. The fourth-order valence-electron chi connectivity index (χ4n) is 3.84. The molecule has 1 aromatic rings. The second-order valence-corrected chi connectivity index (χ2v) is 8.93. The molecule has 28 heavy (non-hydrogen) atoms. The molecular weight excluding hydrogens is 366 g/mol. The van der Waals surface area contributed by atoms with Gasteiger partial charge in [0.05, 0.1) is 6.54 Å². The standard InChI is InChI=1S/C18H29N5O5/c1-17(2,3)28-16(24)21-8-6-13(7-9-21)20(5)11-18(4)12-22-10-14(23(25)26)19-15(22)27-18/h10,13H,6-9,11-12H2,1-5H3/t18-/m0/s1. The van der Waals surface area contributed by atoms with E-state index in [1.165, 1.54) is 6.20 Å². The topological polar surface area (TPSA) is 103 Å². The highest BCUT2D eigenvalue weighted by atomic mass is 16.6. The smallest absolute Gasteiger partial charge is 0.415 e. The molecule has 3 rings (SSSR count). The Hall–Kier alpha value is -2.36. The number of nitro groups is 1. The summed E-state index contributed by atoms with van der Waals surface area (Å²) in [5, 5.41) is 10.8. The number of hydrogen-bond donors (Lipinski definition) is 0. The quantitative estimate of drug-likeness (QED) is 0.569. The van der Waals surface area contributed by atoms with Crippen molar-refractivity contribution in [1.82, 2.24) is 19.4 Å². The minimum absolute atomic E-state index is 0.195. The Labute approximate surface area is 164 Å². The molecule has 0 saturated carbocycles. The summed E-state index contributed by atoms with van der Waals surface area (Å²) in [4.78, 5) is 30.5. The van der Waals surface area contributed by atoms with Crippen LogP contribution in [0, 0.1) is 10.1 Å². The van der Waals surface area contributed by atoms with Crippen molar-refractivity contribution in [2.45, 2.75) is 64.3 Å². The maximum atomic E-state index is 12.2. The second-order valence-electron chi connectivity index (χ2n) is 8.93. The summed E-state index contributed by atoms with van der Waals surface area (Å²) in [5.74, 6) is -0.195. The first kappa shape index (κ1) is 20.4. The van der Waals surface area contributed by atoms with Crippen LogP contribution in [-0.4, -0.2) is 74.3 Å². The van der Waals surface area contributed by atoms with Crippen LogP contribution in [0.1, 0.15) is 40.5 Å². The SMILES string of the molecule is CN(C[C@@]1(C)Cn2cc([N+](=O)[O-])nc2O1)C1CCN(C(=O)OC(C)(C)C)CC1. The molecule has 1 fully saturated rings. The average Bonchev–Trinajstić information content (AvgIpc) is 3.08. The van der Waals surface area contributed by atoms with Crippen LogP contribution in [0.25, 0.3) is 0 Å². The van der Waals surface area contributed by atoms with Gasteiger partial charge >= 0.3 is 17.9 Å². The average molecular weight is 395 g/mol. The van der Waals surface area contributed by atoms with Gasteiger partial charge in [-0.2, -0.15) is 0 Å². The minimum atomic E-state index is -0.517. The molecule has 1 saturated heterocycles. The Kier molecular flexibility index (Phi) is 5.26. The molecule has 10 heteroatoms. The first-order chi connectivity index (χ1) is 13.0. The molecule has 0 aromatic carbocycles. The lowest BCUT2D eigenvalue weighted by molar-refractivity contribution is -0.389. The van der Waals surface area contributed by atoms with E-state index in [-0.39, 0.29) is 11.9 Å². The Morgan fingerprint density at radius 2 is 2.11 bits per heavy atom. The van der Waals surface area contributed by atoms with Crippen LogP contribution >= 0.6 is 0 Å². The highest BCUT2D eigenvalue weighted by molar-refractivity contribution is 5.68. The van der Waals surface area contributed by atoms with Gasteiger partial charge in [0, 0.05) is 30.7 Å². The summed E-state index contributed by atoms with van der Waals surface area (Å²) in [6.45, 7) is 10.1. The van der Waals surface area contributed by atoms with Gasteiger partial charge in [-0.25, -0.2) is 4.79 Å². The third-order valence-electron chi connectivity index (χ3n) is 5.08. The number of carbonyl (C=O) groups is 1. The van der Waals surface area contributed by atoms with Crippen molar-refractivity contribution >= 4 is 11.9 Å². The van der Waals surface area contributed by atoms with E-state index in [4.69, 9.17) is 9.47 Å². The van der Waals surface area contributed by atoms with Crippen molar-refractivity contribution in [3.8, 4) is 6.01 Å². The van der Waals surface area contributed by atoms with E-state index < -0.39 is 16.1 Å². The van der Waals surface area contributed by atoms with E-state index >= 15 is 0 Å². The van der Waals surface area contributed by atoms with Gasteiger partial charge < -0.3 is 24.5 Å². The zero-order valence-corrected chi connectivity index (χ0v) is 17.2. The number of rotatable bonds is 4. The van der Waals surface area contributed by atoms with Crippen molar-refractivity contribution in [3.05, 3.63) is 16.3 Å². The van der Waals surface area contributed by atoms with Gasteiger partial charge in [0.1, 0.15) is 17.4 Å². The van der Waals surface area contributed by atoms with Crippen molar-refractivity contribution in [2.75, 3.05) is 26.7 Å². The van der Waals surface area contributed by atoms with Crippen LogP contribution in [0.3, 0.4) is 0 Å². The molecule has 0 spiro atoms. The van der Waals surface area contributed by atoms with Crippen LogP contribution in [0.4, 0.5) is 10.6 Å². The van der Waals surface area contributed by atoms with E-state index in [0.29, 0.717) is 38.2 Å². The van der Waals surface area contributed by atoms with Crippen LogP contribution < -0.4 is 4.74 Å². The van der Waals surface area contributed by atoms with Gasteiger partial charge in [-0.1, -0.05) is 0 Å². The summed E-state index contributed by atoms with van der Waals surface area (Å²) < 4.78 is 13.1. The van der Waals surface area contributed by atoms with E-state index in [1.807, 2.05) is 34.7 Å². The van der Waals surface area contributed by atoms with E-state index in [1.54, 1.807) is 9.47 Å². The highest BCUT2D eigenvalue weighted by Crippen LogP contribution is 2.32. The lowest BCUT2D eigenvalue weighted by Gasteiger charge is -2.39. The monoisotopic (exact) mass is 395 g/mol. The third kappa shape index (κ3) is 4.54. The third-order valence-corrected chi connectivity index (χ3v) is 5.08. The number of likely N-dealkylation sites (tertiary alicyclic amines) is 1. The van der Waals surface area contributed by atoms with Gasteiger partial charge in [-0.3, -0.25) is 9.47 Å². The maximum Gasteiger partial charge on any atom is 0.415 e. The largest absolute Gasteiger partial charge is 0.444 e. The van der Waals surface area contributed by atoms with E-state index in [0.717, 1.165) is 12.8 Å². The zero-order chi connectivity index (χ0) is 20.7. The maximum absolute atomic E-state index is 12.2. The van der Waals surface area contributed by atoms with Crippen LogP contribution in [0.15, 0.2) is 6.20 Å². The number of nitrogens with zero attached hydrogens (tertiary/aromatic N) is 5. The Balaban J connectivity index is 1.51. The molecule has 3 heterocycles. The predicted molar refractivity (Wildman–Crippen MR) is 101 cm³/mol. The molecular formula is C18H29N5O5. The predicted octanol–water partition coefficient (Wildman–Crippen LogP) is 2.27. The number of amides is 1. The molecule has 0 unspecified atom stereocenters. The summed E-state index contributed by atoms with van der Waals surface area (Å²) in [5.41, 5.74) is -0.979. The summed E-state index contributed by atoms with van der Waals surface area (Å²) >= 11 is 0. The molecule has 1 atom stereocenters. The summed E-state index contributed by atoms with van der Waals surface area (Å²) in [7, 11) is 2.05. The Morgan fingerprint density at radius 3 is 2.64 bits per heavy atom. The lowest BCUT2D eigenvalue weighted by Crippen LogP contribution is -2.51. The van der Waals surface area contributed by atoms with Gasteiger partial charge in [0.2, 0.25) is 0 Å². The second kappa shape index (κ2) is 7.23. The summed E-state index contributed by atoms with van der Waals surface area (Å²) in [6, 6.07) is 0.628. The first-order valence-corrected chi connectivity index (χ1v) is 9.54. The number of piperidine rings is 1. The number of carbonyl (C=O) groups excluding carboxylic acids is 1. The van der Waals surface area contributed by atoms with E-state index in [2.05, 4.69) is 9.88 Å². The summed E-state index contributed by atoms with van der Waals surface area (Å²) in [6.07, 6.45) is 2.88. The fraction of sp³-hybridized carbons (Fsp3) is 0.778. The molecule has 156 valence electrons. The molecule has 10 nitrogen and oxygen atoms in total. The number of ether oxygens (including phenoxy) is 2. The lowest BCUT2D eigenvalue weighted by atomic mass is 10.0. The molecule has 1 amide bonds. The first-order valence-electron chi connectivity index (χ1n) is 9.54. The van der Waals surface area contributed by atoms with Gasteiger partial charge in [0.15, 0.2) is 0 Å². The van der Waals surface area contributed by atoms with Crippen molar-refractivity contribution in [1.29, 1.82) is 0 Å². The molecule has 2 aliphatic heterocycles. The molecule has 0 aliphatic carbocycles. The fourth-order valence-corrected chi connectivity index (χ4v) is 3.84. The van der Waals surface area contributed by atoms with E-state index in [9.17, 15) is 14.9 Å². The Bertz CT molecular complexity index is 725. The molecule has 0 N–H and O–H groups in total. The van der Waals surface area contributed by atoms with Crippen LogP contribution in [0.2, 0.25) is 0 Å². The number of likely N-dealkylation sites (N-methyl/N-ethyl adjacent to an activating group) is 1. The zero-order valence-electron chi connectivity index (χ0n) is 17.2. The molecule has 0 bridgehead atoms. The highest BCUT2D eigenvalue weighted by Gasteiger charge is 2.42. The number of imidazole rings is 1. The van der Waals surface area contributed by atoms with Crippen molar-refractivity contribution < 1.29 is 19.2 Å². The van der Waals surface area contributed by atoms with Gasteiger partial charge in [-0.15, -0.1) is 0 Å². The number of hydrogen-bond acceptors (Lipinski definition) is 7. The molecule has 2 aliphatic rings. The van der Waals surface area contributed by atoms with Gasteiger partial charge in [-0.05, 0) is 52.5 Å².